The molecule has 1 N–H and O–H groups in total. The molecule has 0 amide bonds. The average molecular weight is 209 g/mol. The van der Waals surface area contributed by atoms with Gasteiger partial charge in [-0.2, -0.15) is 0 Å². The van der Waals surface area contributed by atoms with Gasteiger partial charge in [0.2, 0.25) is 0 Å². The topological polar surface area (TPSA) is 49.2 Å². The van der Waals surface area contributed by atoms with Crippen molar-refractivity contribution in [1.82, 2.24) is 14.9 Å². The Balaban J connectivity index is 2.16. The molecule has 4 heteroatoms. The molecule has 84 valence electrons. The lowest BCUT2D eigenvalue weighted by Crippen LogP contribution is -2.20. The molecular weight excluding hydrogens is 190 g/mol. The minimum absolute atomic E-state index is 0.297. The summed E-state index contributed by atoms with van der Waals surface area (Å²) in [7, 11) is 2.06. The second kappa shape index (κ2) is 7.31. The predicted molar refractivity (Wildman–Crippen MR) is 59.3 cm³/mol. The van der Waals surface area contributed by atoms with Gasteiger partial charge >= 0.3 is 0 Å². The van der Waals surface area contributed by atoms with Crippen molar-refractivity contribution in [3.63, 3.8) is 0 Å². The monoisotopic (exact) mass is 209 g/mol. The number of aliphatic hydroxyl groups excluding tert-OH is 1. The Morgan fingerprint density at radius 2 is 1.93 bits per heavy atom. The quantitative estimate of drug-likeness (QED) is 0.682. The lowest BCUT2D eigenvalue weighted by Gasteiger charge is -2.14. The molecule has 0 aliphatic heterocycles. The fraction of sp³-hybridized carbons (Fsp3) is 0.636. The van der Waals surface area contributed by atoms with Gasteiger partial charge in [-0.25, -0.2) is 9.97 Å². The molecule has 0 radical (unpaired) electrons. The zero-order valence-electron chi connectivity index (χ0n) is 9.26. The lowest BCUT2D eigenvalue weighted by atomic mass is 10.2. The second-order valence-electron chi connectivity index (χ2n) is 3.69. The van der Waals surface area contributed by atoms with Crippen LogP contribution in [0.1, 0.15) is 25.1 Å². The van der Waals surface area contributed by atoms with E-state index in [4.69, 9.17) is 5.11 Å². The van der Waals surface area contributed by atoms with Crippen molar-refractivity contribution in [3.8, 4) is 0 Å². The van der Waals surface area contributed by atoms with Crippen molar-refractivity contribution < 1.29 is 5.11 Å². The number of hydrogen-bond acceptors (Lipinski definition) is 4. The SMILES string of the molecule is CN(CCCCCO)Cc1ncccn1. The van der Waals surface area contributed by atoms with Gasteiger partial charge in [-0.05, 0) is 38.9 Å². The first-order chi connectivity index (χ1) is 7.33. The summed E-state index contributed by atoms with van der Waals surface area (Å²) in [4.78, 5) is 10.5. The van der Waals surface area contributed by atoms with E-state index in [0.717, 1.165) is 38.2 Å². The lowest BCUT2D eigenvalue weighted by molar-refractivity contribution is 0.269. The van der Waals surface area contributed by atoms with E-state index in [-0.39, 0.29) is 0 Å². The minimum atomic E-state index is 0.297. The molecule has 1 rings (SSSR count). The van der Waals surface area contributed by atoms with Crippen molar-refractivity contribution in [3.05, 3.63) is 24.3 Å². The fourth-order valence-electron chi connectivity index (χ4n) is 1.40. The zero-order chi connectivity index (χ0) is 10.9. The van der Waals surface area contributed by atoms with Gasteiger partial charge in [0.05, 0.1) is 6.54 Å². The van der Waals surface area contributed by atoms with Crippen LogP contribution in [0.25, 0.3) is 0 Å². The molecule has 0 atom stereocenters. The molecule has 0 unspecified atom stereocenters. The van der Waals surface area contributed by atoms with Gasteiger partial charge in [-0.1, -0.05) is 0 Å². The summed E-state index contributed by atoms with van der Waals surface area (Å²) in [6.45, 7) is 2.11. The first-order valence-corrected chi connectivity index (χ1v) is 5.38. The maximum Gasteiger partial charge on any atom is 0.142 e. The van der Waals surface area contributed by atoms with Crippen LogP contribution in [0.15, 0.2) is 18.5 Å². The van der Waals surface area contributed by atoms with Gasteiger partial charge in [0.1, 0.15) is 5.82 Å². The smallest absolute Gasteiger partial charge is 0.142 e. The van der Waals surface area contributed by atoms with E-state index in [0.29, 0.717) is 6.61 Å². The van der Waals surface area contributed by atoms with E-state index >= 15 is 0 Å². The summed E-state index contributed by atoms with van der Waals surface area (Å²) in [5.41, 5.74) is 0. The molecule has 0 aromatic carbocycles. The molecule has 0 saturated heterocycles. The molecule has 0 saturated carbocycles. The number of unbranched alkanes of at least 4 members (excludes halogenated alkanes) is 2. The summed E-state index contributed by atoms with van der Waals surface area (Å²) in [6.07, 6.45) is 6.62. The second-order valence-corrected chi connectivity index (χ2v) is 3.69. The van der Waals surface area contributed by atoms with Crippen LogP contribution in [0, 0.1) is 0 Å². The maximum absolute atomic E-state index is 8.63. The summed E-state index contributed by atoms with van der Waals surface area (Å²) in [6, 6.07) is 1.82. The van der Waals surface area contributed by atoms with Crippen LogP contribution in [0.2, 0.25) is 0 Å². The van der Waals surface area contributed by atoms with E-state index < -0.39 is 0 Å². The van der Waals surface area contributed by atoms with E-state index in [2.05, 4.69) is 21.9 Å². The van der Waals surface area contributed by atoms with Crippen LogP contribution in [0.3, 0.4) is 0 Å². The molecule has 1 aromatic rings. The highest BCUT2D eigenvalue weighted by Crippen LogP contribution is 1.99. The van der Waals surface area contributed by atoms with E-state index in [9.17, 15) is 0 Å². The Morgan fingerprint density at radius 3 is 2.60 bits per heavy atom. The van der Waals surface area contributed by atoms with E-state index in [1.165, 1.54) is 0 Å². The zero-order valence-corrected chi connectivity index (χ0v) is 9.26. The Labute approximate surface area is 91.0 Å². The number of aromatic nitrogens is 2. The van der Waals surface area contributed by atoms with Crippen LogP contribution >= 0.6 is 0 Å². The summed E-state index contributed by atoms with van der Waals surface area (Å²) in [5.74, 6) is 0.863. The van der Waals surface area contributed by atoms with Gasteiger partial charge in [0, 0.05) is 19.0 Å². The molecule has 0 aliphatic carbocycles. The van der Waals surface area contributed by atoms with Crippen LogP contribution in [0.4, 0.5) is 0 Å². The summed E-state index contributed by atoms with van der Waals surface area (Å²) >= 11 is 0. The third-order valence-corrected chi connectivity index (χ3v) is 2.23. The minimum Gasteiger partial charge on any atom is -0.396 e. The van der Waals surface area contributed by atoms with Crippen molar-refractivity contribution in [2.24, 2.45) is 0 Å². The molecular formula is C11H19N3O. The number of hydrogen-bond donors (Lipinski definition) is 1. The molecule has 4 nitrogen and oxygen atoms in total. The molecule has 0 aliphatic rings. The normalized spacial score (nSPS) is 10.9. The Hall–Kier alpha value is -1.00. The van der Waals surface area contributed by atoms with Crippen molar-refractivity contribution in [2.45, 2.75) is 25.8 Å². The van der Waals surface area contributed by atoms with Gasteiger partial charge in [0.15, 0.2) is 0 Å². The molecule has 1 heterocycles. The van der Waals surface area contributed by atoms with Gasteiger partial charge in [-0.3, -0.25) is 4.90 Å². The number of rotatable bonds is 7. The first-order valence-electron chi connectivity index (χ1n) is 5.38. The predicted octanol–water partition coefficient (Wildman–Crippen LogP) is 1.07. The van der Waals surface area contributed by atoms with Crippen molar-refractivity contribution >= 4 is 0 Å². The third-order valence-electron chi connectivity index (χ3n) is 2.23. The number of nitrogens with zero attached hydrogens (tertiary/aromatic N) is 3. The van der Waals surface area contributed by atoms with Crippen molar-refractivity contribution in [1.29, 1.82) is 0 Å². The summed E-state index contributed by atoms with van der Waals surface area (Å²) in [5, 5.41) is 8.63. The van der Waals surface area contributed by atoms with Crippen molar-refractivity contribution in [2.75, 3.05) is 20.2 Å². The third kappa shape index (κ3) is 5.44. The van der Waals surface area contributed by atoms with E-state index in [1.54, 1.807) is 12.4 Å². The number of aliphatic hydroxyl groups is 1. The van der Waals surface area contributed by atoms with Gasteiger partial charge in [-0.15, -0.1) is 0 Å². The Kier molecular flexibility index (Phi) is 5.88. The Morgan fingerprint density at radius 1 is 1.20 bits per heavy atom. The molecule has 1 aromatic heterocycles. The van der Waals surface area contributed by atoms with E-state index in [1.807, 2.05) is 6.07 Å². The molecule has 15 heavy (non-hydrogen) atoms. The average Bonchev–Trinajstić information content (AvgIpc) is 2.26. The largest absolute Gasteiger partial charge is 0.396 e. The van der Waals surface area contributed by atoms with Crippen LogP contribution in [-0.2, 0) is 6.54 Å². The highest BCUT2D eigenvalue weighted by molar-refractivity contribution is 4.87. The Bertz CT molecular complexity index is 253. The highest BCUT2D eigenvalue weighted by atomic mass is 16.2. The fourth-order valence-corrected chi connectivity index (χ4v) is 1.40. The van der Waals surface area contributed by atoms with Gasteiger partial charge in [0.25, 0.3) is 0 Å². The van der Waals surface area contributed by atoms with Gasteiger partial charge < -0.3 is 5.11 Å². The maximum atomic E-state index is 8.63. The summed E-state index contributed by atoms with van der Waals surface area (Å²) < 4.78 is 0. The molecule has 0 fully saturated rings. The van der Waals surface area contributed by atoms with Crippen LogP contribution in [0.5, 0.6) is 0 Å². The standard InChI is InChI=1S/C11H19N3O/c1-14(8-3-2-4-9-15)10-11-12-6-5-7-13-11/h5-7,15H,2-4,8-10H2,1H3. The molecule has 0 spiro atoms. The van der Waals surface area contributed by atoms with Crippen LogP contribution < -0.4 is 0 Å². The first kappa shape index (κ1) is 12.1. The molecule has 0 bridgehead atoms. The highest BCUT2D eigenvalue weighted by Gasteiger charge is 2.01. The van der Waals surface area contributed by atoms with Crippen LogP contribution in [-0.4, -0.2) is 40.2 Å².